The predicted octanol–water partition coefficient (Wildman–Crippen LogP) is 2.46. The van der Waals surface area contributed by atoms with E-state index in [2.05, 4.69) is 5.32 Å². The van der Waals surface area contributed by atoms with Crippen LogP contribution in [0.4, 0.5) is 0 Å². The maximum absolute atomic E-state index is 9.03. The first-order valence-electron chi connectivity index (χ1n) is 4.42. The molecule has 0 amide bonds. The normalized spacial score (nSPS) is 12.9. The van der Waals surface area contributed by atoms with Crippen molar-refractivity contribution in [2.75, 3.05) is 6.54 Å². The zero-order valence-electron chi connectivity index (χ0n) is 7.93. The van der Waals surface area contributed by atoms with Crippen LogP contribution in [0.3, 0.4) is 0 Å². The summed E-state index contributed by atoms with van der Waals surface area (Å²) in [6, 6.07) is 5.34. The number of benzene rings is 1. The smallest absolute Gasteiger partial charge is 0.0636 e. The molecule has 0 radical (unpaired) electrons. The average molecular weight is 234 g/mol. The van der Waals surface area contributed by atoms with Crippen molar-refractivity contribution in [2.45, 2.75) is 19.6 Å². The van der Waals surface area contributed by atoms with Gasteiger partial charge in [0.1, 0.15) is 0 Å². The van der Waals surface area contributed by atoms with Crippen LogP contribution in [0.15, 0.2) is 18.2 Å². The first kappa shape index (κ1) is 11.8. The predicted molar refractivity (Wildman–Crippen MR) is 59.8 cm³/mol. The minimum absolute atomic E-state index is 0.354. The molecule has 0 aliphatic rings. The lowest BCUT2D eigenvalue weighted by atomic mass is 10.2. The van der Waals surface area contributed by atoms with Gasteiger partial charge in [0.05, 0.1) is 6.10 Å². The molecule has 4 heteroatoms. The summed E-state index contributed by atoms with van der Waals surface area (Å²) in [5.74, 6) is 0. The van der Waals surface area contributed by atoms with Crippen LogP contribution in [0.1, 0.15) is 12.5 Å². The summed E-state index contributed by atoms with van der Waals surface area (Å²) in [6.07, 6.45) is -0.354. The van der Waals surface area contributed by atoms with Crippen molar-refractivity contribution >= 4 is 23.2 Å². The zero-order chi connectivity index (χ0) is 10.6. The minimum Gasteiger partial charge on any atom is -0.392 e. The standard InChI is InChI=1S/C10H13Cl2NO/c1-7(14)5-13-6-8-4-9(11)2-3-10(8)12/h2-4,7,13-14H,5-6H2,1H3/t7-/m0/s1. The molecule has 0 saturated heterocycles. The first-order valence-corrected chi connectivity index (χ1v) is 5.18. The summed E-state index contributed by atoms with van der Waals surface area (Å²) in [5, 5.41) is 13.5. The highest BCUT2D eigenvalue weighted by Gasteiger charge is 2.01. The fourth-order valence-corrected chi connectivity index (χ4v) is 1.47. The van der Waals surface area contributed by atoms with Crippen molar-refractivity contribution in [3.63, 3.8) is 0 Å². The molecular weight excluding hydrogens is 221 g/mol. The summed E-state index contributed by atoms with van der Waals surface area (Å²) < 4.78 is 0. The molecule has 0 aliphatic carbocycles. The highest BCUT2D eigenvalue weighted by Crippen LogP contribution is 2.20. The summed E-state index contributed by atoms with van der Waals surface area (Å²) in [7, 11) is 0. The van der Waals surface area contributed by atoms with E-state index in [9.17, 15) is 0 Å². The molecule has 0 spiro atoms. The van der Waals surface area contributed by atoms with Gasteiger partial charge in [-0.1, -0.05) is 23.2 Å². The van der Waals surface area contributed by atoms with E-state index in [0.29, 0.717) is 23.1 Å². The number of halogens is 2. The molecule has 78 valence electrons. The Morgan fingerprint density at radius 3 is 2.79 bits per heavy atom. The SMILES string of the molecule is C[C@H](O)CNCc1cc(Cl)ccc1Cl. The summed E-state index contributed by atoms with van der Waals surface area (Å²) in [6.45, 7) is 2.89. The van der Waals surface area contributed by atoms with Gasteiger partial charge in [0, 0.05) is 23.1 Å². The van der Waals surface area contributed by atoms with Crippen LogP contribution in [-0.4, -0.2) is 17.8 Å². The Bertz CT molecular complexity index is 302. The zero-order valence-corrected chi connectivity index (χ0v) is 9.44. The van der Waals surface area contributed by atoms with Gasteiger partial charge in [0.15, 0.2) is 0 Å². The second-order valence-electron chi connectivity index (χ2n) is 3.22. The molecule has 2 nitrogen and oxygen atoms in total. The Balaban J connectivity index is 2.53. The topological polar surface area (TPSA) is 32.3 Å². The third-order valence-electron chi connectivity index (χ3n) is 1.76. The van der Waals surface area contributed by atoms with Crippen molar-refractivity contribution in [1.29, 1.82) is 0 Å². The molecule has 14 heavy (non-hydrogen) atoms. The van der Waals surface area contributed by atoms with Gasteiger partial charge in [-0.15, -0.1) is 0 Å². The minimum atomic E-state index is -0.354. The number of rotatable bonds is 4. The van der Waals surface area contributed by atoms with Crippen LogP contribution in [0.2, 0.25) is 10.0 Å². The van der Waals surface area contributed by atoms with E-state index in [4.69, 9.17) is 28.3 Å². The number of nitrogens with one attached hydrogen (secondary N) is 1. The molecule has 1 aromatic rings. The molecule has 0 bridgehead atoms. The highest BCUT2D eigenvalue weighted by atomic mass is 35.5. The maximum Gasteiger partial charge on any atom is 0.0636 e. The molecule has 0 fully saturated rings. The van der Waals surface area contributed by atoms with Crippen molar-refractivity contribution in [3.05, 3.63) is 33.8 Å². The van der Waals surface area contributed by atoms with E-state index in [1.54, 1.807) is 19.1 Å². The van der Waals surface area contributed by atoms with Gasteiger partial charge < -0.3 is 10.4 Å². The van der Waals surface area contributed by atoms with Crippen molar-refractivity contribution in [2.24, 2.45) is 0 Å². The van der Waals surface area contributed by atoms with E-state index in [1.165, 1.54) is 0 Å². The van der Waals surface area contributed by atoms with E-state index in [1.807, 2.05) is 6.07 Å². The largest absolute Gasteiger partial charge is 0.392 e. The molecule has 0 heterocycles. The molecule has 0 aliphatic heterocycles. The lowest BCUT2D eigenvalue weighted by Gasteiger charge is -2.08. The summed E-state index contributed by atoms with van der Waals surface area (Å²) >= 11 is 11.8. The fourth-order valence-electron chi connectivity index (χ4n) is 1.09. The molecule has 0 aromatic heterocycles. The molecule has 0 unspecified atom stereocenters. The summed E-state index contributed by atoms with van der Waals surface area (Å²) in [4.78, 5) is 0. The van der Waals surface area contributed by atoms with Gasteiger partial charge >= 0.3 is 0 Å². The van der Waals surface area contributed by atoms with Crippen LogP contribution >= 0.6 is 23.2 Å². The van der Waals surface area contributed by atoms with E-state index in [0.717, 1.165) is 5.56 Å². The van der Waals surface area contributed by atoms with E-state index < -0.39 is 0 Å². The second kappa shape index (κ2) is 5.56. The summed E-state index contributed by atoms with van der Waals surface area (Å²) in [5.41, 5.74) is 0.944. The van der Waals surface area contributed by atoms with Crippen molar-refractivity contribution < 1.29 is 5.11 Å². The molecule has 1 atom stereocenters. The monoisotopic (exact) mass is 233 g/mol. The molecule has 1 aromatic carbocycles. The number of hydrogen-bond acceptors (Lipinski definition) is 2. The first-order chi connectivity index (χ1) is 6.59. The second-order valence-corrected chi connectivity index (χ2v) is 4.06. The van der Waals surface area contributed by atoms with Gasteiger partial charge in [0.2, 0.25) is 0 Å². The maximum atomic E-state index is 9.03. The van der Waals surface area contributed by atoms with Crippen molar-refractivity contribution in [1.82, 2.24) is 5.32 Å². The van der Waals surface area contributed by atoms with Gasteiger partial charge in [-0.05, 0) is 30.7 Å². The molecule has 1 rings (SSSR count). The quantitative estimate of drug-likeness (QED) is 0.838. The Morgan fingerprint density at radius 2 is 2.14 bits per heavy atom. The molecular formula is C10H13Cl2NO. The molecule has 0 saturated carbocycles. The lowest BCUT2D eigenvalue weighted by Crippen LogP contribution is -2.23. The Hall–Kier alpha value is -0.280. The van der Waals surface area contributed by atoms with Crippen LogP contribution in [0.25, 0.3) is 0 Å². The number of hydrogen-bond donors (Lipinski definition) is 2. The van der Waals surface area contributed by atoms with Gasteiger partial charge in [0.25, 0.3) is 0 Å². The van der Waals surface area contributed by atoms with Gasteiger partial charge in [-0.2, -0.15) is 0 Å². The number of aliphatic hydroxyl groups excluding tert-OH is 1. The Morgan fingerprint density at radius 1 is 1.43 bits per heavy atom. The Labute approximate surface area is 93.8 Å². The van der Waals surface area contributed by atoms with Crippen LogP contribution in [-0.2, 0) is 6.54 Å². The van der Waals surface area contributed by atoms with E-state index in [-0.39, 0.29) is 6.10 Å². The number of aliphatic hydroxyl groups is 1. The third kappa shape index (κ3) is 3.84. The molecule has 2 N–H and O–H groups in total. The van der Waals surface area contributed by atoms with Crippen LogP contribution in [0, 0.1) is 0 Å². The third-order valence-corrected chi connectivity index (χ3v) is 2.37. The van der Waals surface area contributed by atoms with Gasteiger partial charge in [-0.3, -0.25) is 0 Å². The van der Waals surface area contributed by atoms with Crippen LogP contribution in [0.5, 0.6) is 0 Å². The Kier molecular flexibility index (Phi) is 4.69. The van der Waals surface area contributed by atoms with Gasteiger partial charge in [-0.25, -0.2) is 0 Å². The van der Waals surface area contributed by atoms with Crippen molar-refractivity contribution in [3.8, 4) is 0 Å². The fraction of sp³-hybridized carbons (Fsp3) is 0.400. The lowest BCUT2D eigenvalue weighted by molar-refractivity contribution is 0.191. The van der Waals surface area contributed by atoms with Crippen LogP contribution < -0.4 is 5.32 Å². The van der Waals surface area contributed by atoms with E-state index >= 15 is 0 Å². The highest BCUT2D eigenvalue weighted by molar-refractivity contribution is 6.33. The average Bonchev–Trinajstić information content (AvgIpc) is 2.10.